The van der Waals surface area contributed by atoms with E-state index in [2.05, 4.69) is 39.1 Å². The van der Waals surface area contributed by atoms with Crippen molar-refractivity contribution in [2.75, 3.05) is 0 Å². The Hall–Kier alpha value is -4.59. The highest BCUT2D eigenvalue weighted by molar-refractivity contribution is 6.10. The number of nitrogens with zero attached hydrogens (tertiary/aromatic N) is 4. The van der Waals surface area contributed by atoms with Crippen molar-refractivity contribution in [3.8, 4) is 11.5 Å². The van der Waals surface area contributed by atoms with Gasteiger partial charge in [0.1, 0.15) is 23.8 Å². The van der Waals surface area contributed by atoms with E-state index in [1.165, 1.54) is 5.56 Å². The fraction of sp³-hybridized carbons (Fsp3) is 0.156. The van der Waals surface area contributed by atoms with Gasteiger partial charge >= 0.3 is 0 Å². The van der Waals surface area contributed by atoms with Crippen LogP contribution in [0.4, 0.5) is 5.69 Å². The second kappa shape index (κ2) is 11.4. The summed E-state index contributed by atoms with van der Waals surface area (Å²) in [5.41, 5.74) is 5.50. The Kier molecular flexibility index (Phi) is 7.25. The van der Waals surface area contributed by atoms with Crippen LogP contribution in [0.3, 0.4) is 0 Å². The first-order chi connectivity index (χ1) is 19.2. The van der Waals surface area contributed by atoms with E-state index in [1.54, 1.807) is 18.2 Å². The van der Waals surface area contributed by atoms with Gasteiger partial charge in [-0.25, -0.2) is 4.99 Å². The van der Waals surface area contributed by atoms with Gasteiger partial charge in [0.15, 0.2) is 11.5 Å². The van der Waals surface area contributed by atoms with Gasteiger partial charge in [-0.15, -0.1) is 0 Å². The third kappa shape index (κ3) is 6.29. The van der Waals surface area contributed by atoms with Crippen molar-refractivity contribution < 1.29 is 14.6 Å². The van der Waals surface area contributed by atoms with Crippen LogP contribution in [0.5, 0.6) is 11.5 Å². The van der Waals surface area contributed by atoms with E-state index in [-0.39, 0.29) is 0 Å². The van der Waals surface area contributed by atoms with Gasteiger partial charge in [0.05, 0.1) is 23.2 Å². The maximum atomic E-state index is 9.85. The van der Waals surface area contributed by atoms with Gasteiger partial charge in [0.25, 0.3) is 0 Å². The average molecular weight is 517 g/mol. The number of ether oxygens (including phenoxy) is 2. The van der Waals surface area contributed by atoms with Gasteiger partial charge in [0, 0.05) is 31.9 Å². The van der Waals surface area contributed by atoms with E-state index in [0.29, 0.717) is 36.1 Å². The highest BCUT2D eigenvalue weighted by atomic mass is 16.5. The first-order valence-electron chi connectivity index (χ1n) is 12.9. The molecule has 3 heterocycles. The van der Waals surface area contributed by atoms with Crippen LogP contribution in [0, 0.1) is 0 Å². The summed E-state index contributed by atoms with van der Waals surface area (Å²) in [7, 11) is 0. The largest absolute Gasteiger partial charge is 0.487 e. The highest BCUT2D eigenvalue weighted by Gasteiger charge is 2.21. The molecule has 1 N–H and O–H groups in total. The second-order valence-corrected chi connectivity index (χ2v) is 9.47. The molecule has 39 heavy (non-hydrogen) atoms. The van der Waals surface area contributed by atoms with Crippen molar-refractivity contribution in [3.63, 3.8) is 0 Å². The van der Waals surface area contributed by atoms with E-state index in [0.717, 1.165) is 35.9 Å². The van der Waals surface area contributed by atoms with E-state index in [4.69, 9.17) is 14.5 Å². The van der Waals surface area contributed by atoms with Crippen molar-refractivity contribution in [1.82, 2.24) is 14.9 Å². The number of allylic oxidation sites excluding steroid dienone is 1. The zero-order valence-electron chi connectivity index (χ0n) is 21.4. The Morgan fingerprint density at radius 2 is 1.67 bits per heavy atom. The molecule has 0 spiro atoms. The lowest BCUT2D eigenvalue weighted by Gasteiger charge is -2.22. The molecule has 2 aliphatic rings. The van der Waals surface area contributed by atoms with Gasteiger partial charge in [-0.05, 0) is 60.2 Å². The first-order valence-corrected chi connectivity index (χ1v) is 12.9. The lowest BCUT2D eigenvalue weighted by Crippen LogP contribution is -2.23. The summed E-state index contributed by atoms with van der Waals surface area (Å²) in [5.74, 6) is 1.81. The molecule has 1 aliphatic carbocycles. The Balaban J connectivity index is 1.13. The normalized spacial score (nSPS) is 15.6. The van der Waals surface area contributed by atoms with Crippen LogP contribution in [-0.4, -0.2) is 31.8 Å². The van der Waals surface area contributed by atoms with E-state index < -0.39 is 6.10 Å². The van der Waals surface area contributed by atoms with Crippen molar-refractivity contribution in [2.24, 2.45) is 4.99 Å². The lowest BCUT2D eigenvalue weighted by molar-refractivity contribution is 0.240. The monoisotopic (exact) mass is 516 g/mol. The number of aromatic nitrogens is 2. The summed E-state index contributed by atoms with van der Waals surface area (Å²) >= 11 is 0. The van der Waals surface area contributed by atoms with E-state index in [1.807, 2.05) is 66.9 Å². The molecule has 2 aromatic carbocycles. The lowest BCUT2D eigenvalue weighted by atomic mass is 10.1. The Morgan fingerprint density at radius 3 is 2.54 bits per heavy atom. The zero-order chi connectivity index (χ0) is 26.4. The second-order valence-electron chi connectivity index (χ2n) is 9.47. The SMILES string of the molecule is OC1C=CC2=Nc3ccc(OCc4cccc(CN(Cc5ccccc5)Cc5ccccn5)n4)cc3OC2=C1. The summed E-state index contributed by atoms with van der Waals surface area (Å²) in [6, 6.07) is 28.0. The van der Waals surface area contributed by atoms with Crippen LogP contribution in [0.25, 0.3) is 0 Å². The summed E-state index contributed by atoms with van der Waals surface area (Å²) in [6.07, 6.45) is 6.24. The highest BCUT2D eigenvalue weighted by Crippen LogP contribution is 2.38. The van der Waals surface area contributed by atoms with Gasteiger partial charge < -0.3 is 14.6 Å². The topological polar surface area (TPSA) is 80.1 Å². The Bertz CT molecular complexity index is 1490. The molecule has 0 fully saturated rings. The standard InChI is InChI=1S/C32H28N4O3/c37-27-12-14-29-31(17-27)39-32-18-28(13-15-30(32)35-29)38-22-26-11-6-10-25(34-26)21-36(19-23-7-2-1-3-8-23)20-24-9-4-5-16-33-24/h1-18,27,37H,19-22H2. The molecule has 0 amide bonds. The van der Waals surface area contributed by atoms with E-state index >= 15 is 0 Å². The molecule has 7 heteroatoms. The number of hydrogen-bond donors (Lipinski definition) is 1. The summed E-state index contributed by atoms with van der Waals surface area (Å²) in [6.45, 7) is 2.52. The van der Waals surface area contributed by atoms with Crippen LogP contribution >= 0.6 is 0 Å². The minimum atomic E-state index is -0.675. The number of rotatable bonds is 9. The molecule has 1 unspecified atom stereocenters. The van der Waals surface area contributed by atoms with Gasteiger partial charge in [-0.2, -0.15) is 0 Å². The molecule has 0 saturated heterocycles. The van der Waals surface area contributed by atoms with Crippen molar-refractivity contribution in [3.05, 3.63) is 138 Å². The number of aliphatic hydroxyl groups excluding tert-OH is 1. The van der Waals surface area contributed by atoms with Crippen molar-refractivity contribution in [1.29, 1.82) is 0 Å². The smallest absolute Gasteiger partial charge is 0.156 e. The van der Waals surface area contributed by atoms with E-state index in [9.17, 15) is 5.11 Å². The molecule has 7 nitrogen and oxygen atoms in total. The van der Waals surface area contributed by atoms with Crippen LogP contribution < -0.4 is 9.47 Å². The number of aliphatic hydroxyl groups is 1. The quantitative estimate of drug-likeness (QED) is 0.315. The average Bonchev–Trinajstić information content (AvgIpc) is 2.96. The third-order valence-corrected chi connectivity index (χ3v) is 6.42. The molecule has 6 rings (SSSR count). The number of aliphatic imine (C=N–C) groups is 1. The molecule has 1 atom stereocenters. The predicted molar refractivity (Wildman–Crippen MR) is 150 cm³/mol. The molecule has 1 aliphatic heterocycles. The number of fused-ring (bicyclic) bond motifs is 2. The van der Waals surface area contributed by atoms with Crippen molar-refractivity contribution in [2.45, 2.75) is 32.3 Å². The van der Waals surface area contributed by atoms with Crippen LogP contribution in [0.15, 0.2) is 120 Å². The molecule has 4 aromatic rings. The summed E-state index contributed by atoms with van der Waals surface area (Å²) in [4.78, 5) is 16.3. The number of benzene rings is 2. The fourth-order valence-corrected chi connectivity index (χ4v) is 4.57. The van der Waals surface area contributed by atoms with Gasteiger partial charge in [-0.1, -0.05) is 42.5 Å². The maximum absolute atomic E-state index is 9.85. The number of pyridine rings is 2. The van der Waals surface area contributed by atoms with Gasteiger partial charge in [-0.3, -0.25) is 14.9 Å². The van der Waals surface area contributed by atoms with Crippen molar-refractivity contribution >= 4 is 11.4 Å². The number of hydrogen-bond acceptors (Lipinski definition) is 7. The Labute approximate surface area is 227 Å². The van der Waals surface area contributed by atoms with Crippen LogP contribution in [0.1, 0.15) is 22.6 Å². The summed E-state index contributed by atoms with van der Waals surface area (Å²) in [5, 5.41) is 9.85. The molecule has 0 radical (unpaired) electrons. The molecule has 0 saturated carbocycles. The predicted octanol–water partition coefficient (Wildman–Crippen LogP) is 5.54. The molecule has 2 aromatic heterocycles. The molecular weight excluding hydrogens is 488 g/mol. The Morgan fingerprint density at radius 1 is 0.846 bits per heavy atom. The minimum Gasteiger partial charge on any atom is -0.487 e. The first kappa shape index (κ1) is 24.7. The van der Waals surface area contributed by atoms with Crippen LogP contribution in [0.2, 0.25) is 0 Å². The fourth-order valence-electron chi connectivity index (χ4n) is 4.57. The van der Waals surface area contributed by atoms with Gasteiger partial charge in [0.2, 0.25) is 0 Å². The summed E-state index contributed by atoms with van der Waals surface area (Å²) < 4.78 is 12.0. The molecular formula is C32H28N4O3. The maximum Gasteiger partial charge on any atom is 0.156 e. The minimum absolute atomic E-state index is 0.324. The third-order valence-electron chi connectivity index (χ3n) is 6.42. The zero-order valence-corrected chi connectivity index (χ0v) is 21.4. The molecule has 194 valence electrons. The van der Waals surface area contributed by atoms with Crippen LogP contribution in [-0.2, 0) is 26.2 Å². The molecule has 0 bridgehead atoms.